The number of amides is 1. The molecule has 9 nitrogen and oxygen atoms in total. The van der Waals surface area contributed by atoms with Gasteiger partial charge in [-0.15, -0.1) is 0 Å². The molecule has 1 amide bonds. The molecule has 1 aliphatic heterocycles. The summed E-state index contributed by atoms with van der Waals surface area (Å²) in [5.74, 6) is 5.08. The zero-order chi connectivity index (χ0) is 24.3. The third-order valence-electron chi connectivity index (χ3n) is 4.92. The largest absolute Gasteiger partial charge is 0.380 e. The maximum Gasteiger partial charge on any atom is 0.334 e. The Hall–Kier alpha value is -3.06. The lowest BCUT2D eigenvalue weighted by atomic mass is 10.1. The number of carbonyl (C=O) groups excluding carboxylic acids is 1. The number of nitrogens with zero attached hydrogens (tertiary/aromatic N) is 2. The number of aromatic nitrogens is 2. The van der Waals surface area contributed by atoms with Crippen LogP contribution in [0.25, 0.3) is 10.9 Å². The van der Waals surface area contributed by atoms with E-state index in [1.807, 2.05) is 0 Å². The van der Waals surface area contributed by atoms with Gasteiger partial charge in [0.25, 0.3) is 0 Å². The topological polar surface area (TPSA) is 134 Å². The highest BCUT2D eigenvalue weighted by atomic mass is 35.5. The molecule has 0 aliphatic carbocycles. The molecule has 176 valence electrons. The van der Waals surface area contributed by atoms with Crippen molar-refractivity contribution in [1.29, 1.82) is 0 Å². The molecule has 1 saturated heterocycles. The second-order valence-corrected chi connectivity index (χ2v) is 9.64. The molecule has 0 radical (unpaired) electrons. The highest BCUT2D eigenvalue weighted by molar-refractivity contribution is 7.52. The molecule has 1 unspecified atom stereocenters. The van der Waals surface area contributed by atoms with Crippen molar-refractivity contribution in [3.63, 3.8) is 0 Å². The van der Waals surface area contributed by atoms with Crippen LogP contribution >= 0.6 is 19.2 Å². The Morgan fingerprint density at radius 1 is 1.29 bits per heavy atom. The molecule has 0 bridgehead atoms. The number of nitrogens with one attached hydrogen (secondary N) is 2. The fourth-order valence-electron chi connectivity index (χ4n) is 3.33. The van der Waals surface area contributed by atoms with Gasteiger partial charge in [0.05, 0.1) is 28.4 Å². The van der Waals surface area contributed by atoms with Crippen molar-refractivity contribution >= 4 is 53.2 Å². The van der Waals surface area contributed by atoms with E-state index in [1.54, 1.807) is 12.1 Å². The maximum atomic E-state index is 13.5. The van der Waals surface area contributed by atoms with E-state index in [0.717, 1.165) is 6.42 Å². The van der Waals surface area contributed by atoms with Gasteiger partial charge in [0.1, 0.15) is 24.1 Å². The normalized spacial score (nSPS) is 15.6. The molecule has 12 heteroatoms. The van der Waals surface area contributed by atoms with Gasteiger partial charge in [-0.05, 0) is 36.8 Å². The Labute approximate surface area is 198 Å². The van der Waals surface area contributed by atoms with Crippen LogP contribution in [0.3, 0.4) is 0 Å². The molecule has 4 rings (SSSR count). The first-order chi connectivity index (χ1) is 16.2. The second-order valence-electron chi connectivity index (χ2n) is 7.59. The Balaban J connectivity index is 1.75. The van der Waals surface area contributed by atoms with E-state index >= 15 is 0 Å². The lowest BCUT2D eigenvalue weighted by molar-refractivity contribution is -0.114. The summed E-state index contributed by atoms with van der Waals surface area (Å²) in [4.78, 5) is 39.0. The molecular formula is C22H19ClFN4O5P. The Kier molecular flexibility index (Phi) is 7.12. The van der Waals surface area contributed by atoms with Crippen molar-refractivity contribution in [2.24, 2.45) is 5.92 Å². The van der Waals surface area contributed by atoms with Crippen molar-refractivity contribution in [2.75, 3.05) is 30.0 Å². The fourth-order valence-corrected chi connectivity index (χ4v) is 3.96. The number of carbonyl (C=O) groups is 1. The molecule has 0 saturated carbocycles. The highest BCUT2D eigenvalue weighted by Gasteiger charge is 2.21. The number of hydrogen-bond donors (Lipinski definition) is 4. The van der Waals surface area contributed by atoms with E-state index in [2.05, 4.69) is 32.4 Å². The van der Waals surface area contributed by atoms with Crippen LogP contribution < -0.4 is 10.6 Å². The zero-order valence-corrected chi connectivity index (χ0v) is 19.2. The zero-order valence-electron chi connectivity index (χ0n) is 17.6. The third-order valence-corrected chi connectivity index (χ3v) is 5.91. The van der Waals surface area contributed by atoms with Gasteiger partial charge in [0.15, 0.2) is 0 Å². The first-order valence-electron chi connectivity index (χ1n) is 10.1. The van der Waals surface area contributed by atoms with Gasteiger partial charge in [-0.3, -0.25) is 9.36 Å². The minimum Gasteiger partial charge on any atom is -0.380 e. The molecule has 1 atom stereocenters. The summed E-state index contributed by atoms with van der Waals surface area (Å²) in [5, 5.41) is 5.98. The van der Waals surface area contributed by atoms with Crippen LogP contribution in [-0.2, 0) is 14.1 Å². The molecule has 34 heavy (non-hydrogen) atoms. The van der Waals surface area contributed by atoms with Gasteiger partial charge >= 0.3 is 7.60 Å². The number of fused-ring (bicyclic) bond motifs is 1. The molecule has 2 heterocycles. The maximum absolute atomic E-state index is 13.5. The van der Waals surface area contributed by atoms with Crippen LogP contribution in [0.4, 0.5) is 21.6 Å². The Bertz CT molecular complexity index is 1360. The minimum atomic E-state index is -4.56. The van der Waals surface area contributed by atoms with Crippen LogP contribution in [0.15, 0.2) is 36.7 Å². The fraction of sp³-hybridized carbons (Fsp3) is 0.227. The molecule has 1 aromatic heterocycles. The van der Waals surface area contributed by atoms with Gasteiger partial charge in [-0.25, -0.2) is 14.4 Å². The van der Waals surface area contributed by atoms with E-state index in [4.69, 9.17) is 26.1 Å². The van der Waals surface area contributed by atoms with Crippen LogP contribution in [-0.4, -0.2) is 45.0 Å². The summed E-state index contributed by atoms with van der Waals surface area (Å²) in [7, 11) is -4.56. The quantitative estimate of drug-likeness (QED) is 0.305. The Morgan fingerprint density at radius 2 is 2.12 bits per heavy atom. The van der Waals surface area contributed by atoms with Crippen LogP contribution in [0.5, 0.6) is 0 Å². The van der Waals surface area contributed by atoms with Gasteiger partial charge in [0, 0.05) is 23.6 Å². The van der Waals surface area contributed by atoms with Crippen LogP contribution in [0.1, 0.15) is 12.0 Å². The number of hydrogen-bond acceptors (Lipinski definition) is 6. The van der Waals surface area contributed by atoms with Gasteiger partial charge < -0.3 is 25.2 Å². The lowest BCUT2D eigenvalue weighted by Gasteiger charge is -2.13. The number of halogens is 2. The summed E-state index contributed by atoms with van der Waals surface area (Å²) >= 11 is 5.86. The average molecular weight is 505 g/mol. The highest BCUT2D eigenvalue weighted by Crippen LogP contribution is 2.35. The van der Waals surface area contributed by atoms with Gasteiger partial charge in [-0.1, -0.05) is 23.4 Å². The van der Waals surface area contributed by atoms with E-state index in [-0.39, 0.29) is 16.6 Å². The predicted octanol–water partition coefficient (Wildman–Crippen LogP) is 3.67. The summed E-state index contributed by atoms with van der Waals surface area (Å²) < 4.78 is 30.1. The third kappa shape index (κ3) is 6.08. The Morgan fingerprint density at radius 3 is 2.82 bits per heavy atom. The number of ether oxygens (including phenoxy) is 1. The van der Waals surface area contributed by atoms with Gasteiger partial charge in [0.2, 0.25) is 5.91 Å². The summed E-state index contributed by atoms with van der Waals surface area (Å²) in [6.45, 7) is 1.13. The molecule has 1 fully saturated rings. The molecule has 1 aliphatic rings. The van der Waals surface area contributed by atoms with E-state index in [0.29, 0.717) is 41.2 Å². The van der Waals surface area contributed by atoms with Crippen molar-refractivity contribution in [2.45, 2.75) is 6.42 Å². The average Bonchev–Trinajstić information content (AvgIpc) is 3.27. The summed E-state index contributed by atoms with van der Waals surface area (Å²) in [5.41, 5.74) is 1.65. The molecular weight excluding hydrogens is 486 g/mol. The van der Waals surface area contributed by atoms with Gasteiger partial charge in [-0.2, -0.15) is 0 Å². The van der Waals surface area contributed by atoms with Crippen molar-refractivity contribution < 1.29 is 28.3 Å². The SMILES string of the molecule is O=C(CP(=O)(O)O)Nc1cc2c(Nc3ccc(F)c(Cl)c3)ncnc2cc1C#CC1CCOC1. The van der Waals surface area contributed by atoms with E-state index in [1.165, 1.54) is 24.5 Å². The predicted molar refractivity (Wildman–Crippen MR) is 126 cm³/mol. The van der Waals surface area contributed by atoms with E-state index < -0.39 is 25.5 Å². The molecule has 2 aromatic carbocycles. The minimum absolute atomic E-state index is 0.0419. The second kappa shape index (κ2) is 10.1. The van der Waals surface area contributed by atoms with Crippen molar-refractivity contribution in [1.82, 2.24) is 9.97 Å². The number of rotatable bonds is 5. The number of benzene rings is 2. The molecule has 3 aromatic rings. The van der Waals surface area contributed by atoms with Crippen molar-refractivity contribution in [3.05, 3.63) is 53.1 Å². The molecule has 0 spiro atoms. The summed E-state index contributed by atoms with van der Waals surface area (Å²) in [6, 6.07) is 7.31. The molecule has 4 N–H and O–H groups in total. The first kappa shape index (κ1) is 24.1. The van der Waals surface area contributed by atoms with Crippen molar-refractivity contribution in [3.8, 4) is 11.8 Å². The smallest absolute Gasteiger partial charge is 0.334 e. The monoisotopic (exact) mass is 504 g/mol. The van der Waals surface area contributed by atoms with E-state index in [9.17, 15) is 13.8 Å². The van der Waals surface area contributed by atoms with Crippen LogP contribution in [0.2, 0.25) is 5.02 Å². The number of anilines is 3. The van der Waals surface area contributed by atoms with Crippen LogP contribution in [0, 0.1) is 23.6 Å². The lowest BCUT2D eigenvalue weighted by Crippen LogP contribution is -2.17. The first-order valence-corrected chi connectivity index (χ1v) is 12.3. The standard InChI is InChI=1S/C22H19ClFN4O5P/c23-17-8-15(3-4-18(17)24)27-22-16-9-19(28-21(29)11-34(30,31)32)14(7-20(16)25-12-26-22)2-1-13-5-6-33-10-13/h3-4,7-9,12-13H,5-6,10-11H2,(H,28,29)(H,25,26,27)(H2,30,31,32). The summed E-state index contributed by atoms with van der Waals surface area (Å²) in [6.07, 6.45) is 1.15.